The fourth-order valence-corrected chi connectivity index (χ4v) is 1.81. The van der Waals surface area contributed by atoms with Crippen LogP contribution in [0, 0.1) is 16.0 Å². The Morgan fingerprint density at radius 1 is 1.59 bits per heavy atom. The van der Waals surface area contributed by atoms with Crippen LogP contribution in [0.3, 0.4) is 0 Å². The van der Waals surface area contributed by atoms with Crippen LogP contribution in [0.4, 0.5) is 11.5 Å². The zero-order chi connectivity index (χ0) is 12.1. The maximum atomic E-state index is 10.4. The summed E-state index contributed by atoms with van der Waals surface area (Å²) >= 11 is 0. The molecule has 0 aromatic carbocycles. The number of nitrogens with one attached hydrogen (secondary N) is 1. The quantitative estimate of drug-likeness (QED) is 0.624. The fraction of sp³-hybridized carbons (Fsp3) is 0.545. The molecular formula is C11H15N3O3. The largest absolute Gasteiger partial charge is 0.381 e. The van der Waals surface area contributed by atoms with Gasteiger partial charge in [-0.25, -0.2) is 4.98 Å². The molecule has 1 N–H and O–H groups in total. The van der Waals surface area contributed by atoms with Crippen molar-refractivity contribution in [3.8, 4) is 0 Å². The predicted octanol–water partition coefficient (Wildman–Crippen LogP) is 1.83. The Morgan fingerprint density at radius 2 is 2.47 bits per heavy atom. The number of anilines is 1. The van der Waals surface area contributed by atoms with Crippen molar-refractivity contribution in [1.82, 2.24) is 4.98 Å². The lowest BCUT2D eigenvalue weighted by atomic mass is 10.1. The Bertz CT molecular complexity index is 374. The summed E-state index contributed by atoms with van der Waals surface area (Å²) in [5.74, 6) is 1.30. The van der Waals surface area contributed by atoms with E-state index in [0.29, 0.717) is 11.7 Å². The van der Waals surface area contributed by atoms with Crippen LogP contribution in [-0.2, 0) is 4.74 Å². The van der Waals surface area contributed by atoms with Gasteiger partial charge in [-0.1, -0.05) is 0 Å². The van der Waals surface area contributed by atoms with E-state index < -0.39 is 4.92 Å². The summed E-state index contributed by atoms with van der Waals surface area (Å²) in [6.07, 6.45) is 3.43. The van der Waals surface area contributed by atoms with Gasteiger partial charge in [0.15, 0.2) is 0 Å². The van der Waals surface area contributed by atoms with E-state index in [4.69, 9.17) is 4.74 Å². The molecule has 2 heterocycles. The highest BCUT2D eigenvalue weighted by Crippen LogP contribution is 2.16. The molecule has 17 heavy (non-hydrogen) atoms. The van der Waals surface area contributed by atoms with Gasteiger partial charge in [0.2, 0.25) is 0 Å². The second kappa shape index (κ2) is 5.58. The average molecular weight is 237 g/mol. The second-order valence-corrected chi connectivity index (χ2v) is 4.10. The Morgan fingerprint density at radius 3 is 3.06 bits per heavy atom. The summed E-state index contributed by atoms with van der Waals surface area (Å²) in [6.45, 7) is 2.52. The third kappa shape index (κ3) is 3.39. The predicted molar refractivity (Wildman–Crippen MR) is 62.9 cm³/mol. The maximum Gasteiger partial charge on any atom is 0.287 e. The Labute approximate surface area is 99.2 Å². The van der Waals surface area contributed by atoms with Gasteiger partial charge >= 0.3 is 0 Å². The number of hydrogen-bond acceptors (Lipinski definition) is 5. The molecule has 1 atom stereocenters. The van der Waals surface area contributed by atoms with Crippen molar-refractivity contribution in [1.29, 1.82) is 0 Å². The normalized spacial score (nSPS) is 19.2. The van der Waals surface area contributed by atoms with Crippen LogP contribution in [-0.4, -0.2) is 29.7 Å². The van der Waals surface area contributed by atoms with Gasteiger partial charge in [-0.2, -0.15) is 0 Å². The first-order valence-corrected chi connectivity index (χ1v) is 5.68. The molecule has 92 valence electrons. The van der Waals surface area contributed by atoms with Gasteiger partial charge in [0, 0.05) is 25.8 Å². The Balaban J connectivity index is 1.76. The summed E-state index contributed by atoms with van der Waals surface area (Å²) in [4.78, 5) is 14.0. The number of hydrogen-bond donors (Lipinski definition) is 1. The highest BCUT2D eigenvalue weighted by atomic mass is 16.6. The molecule has 1 unspecified atom stereocenters. The van der Waals surface area contributed by atoms with Crippen molar-refractivity contribution < 1.29 is 9.66 Å². The minimum atomic E-state index is -0.452. The topological polar surface area (TPSA) is 77.3 Å². The molecule has 2 rings (SSSR count). The first-order valence-electron chi connectivity index (χ1n) is 5.68. The van der Waals surface area contributed by atoms with Crippen molar-refractivity contribution in [3.05, 3.63) is 28.4 Å². The van der Waals surface area contributed by atoms with E-state index in [9.17, 15) is 10.1 Å². The third-order valence-electron chi connectivity index (χ3n) is 2.84. The lowest BCUT2D eigenvalue weighted by molar-refractivity contribution is -0.385. The number of ether oxygens (including phenoxy) is 1. The standard InChI is InChI=1S/C11H15N3O3/c15-14(16)10-1-2-11(13-7-10)12-5-3-9-4-6-17-8-9/h1-2,7,9H,3-6,8H2,(H,12,13). The van der Waals surface area contributed by atoms with E-state index in [1.807, 2.05) is 0 Å². The van der Waals surface area contributed by atoms with Gasteiger partial charge in [0.05, 0.1) is 4.92 Å². The SMILES string of the molecule is O=[N+]([O-])c1ccc(NCCC2CCOC2)nc1. The molecule has 6 nitrogen and oxygen atoms in total. The second-order valence-electron chi connectivity index (χ2n) is 4.10. The highest BCUT2D eigenvalue weighted by Gasteiger charge is 2.14. The van der Waals surface area contributed by atoms with Gasteiger partial charge in [0.25, 0.3) is 5.69 Å². The minimum absolute atomic E-state index is 0.0137. The summed E-state index contributed by atoms with van der Waals surface area (Å²) in [7, 11) is 0. The van der Waals surface area contributed by atoms with Gasteiger partial charge < -0.3 is 10.1 Å². The summed E-state index contributed by atoms with van der Waals surface area (Å²) in [5, 5.41) is 13.6. The first kappa shape index (κ1) is 11.8. The molecule has 0 amide bonds. The van der Waals surface area contributed by atoms with Crippen molar-refractivity contribution in [2.45, 2.75) is 12.8 Å². The Kier molecular flexibility index (Phi) is 3.87. The molecule has 1 fully saturated rings. The van der Waals surface area contributed by atoms with Crippen molar-refractivity contribution >= 4 is 11.5 Å². The lowest BCUT2D eigenvalue weighted by Crippen LogP contribution is -2.09. The smallest absolute Gasteiger partial charge is 0.287 e. The average Bonchev–Trinajstić information content (AvgIpc) is 2.83. The van der Waals surface area contributed by atoms with Crippen LogP contribution in [0.1, 0.15) is 12.8 Å². The molecule has 0 aliphatic carbocycles. The maximum absolute atomic E-state index is 10.4. The van der Waals surface area contributed by atoms with E-state index in [1.165, 1.54) is 12.3 Å². The molecule has 1 aliphatic heterocycles. The number of nitro groups is 1. The van der Waals surface area contributed by atoms with Crippen LogP contribution in [0.5, 0.6) is 0 Å². The van der Waals surface area contributed by atoms with Crippen molar-refractivity contribution in [2.24, 2.45) is 5.92 Å². The van der Waals surface area contributed by atoms with Crippen LogP contribution >= 0.6 is 0 Å². The summed E-state index contributed by atoms with van der Waals surface area (Å²) in [5.41, 5.74) is 0.0137. The monoisotopic (exact) mass is 237 g/mol. The molecule has 1 aliphatic rings. The molecule has 0 radical (unpaired) electrons. The zero-order valence-corrected chi connectivity index (χ0v) is 9.46. The van der Waals surface area contributed by atoms with E-state index in [1.54, 1.807) is 6.07 Å². The first-order chi connectivity index (χ1) is 8.25. The number of pyridine rings is 1. The zero-order valence-electron chi connectivity index (χ0n) is 9.46. The number of nitrogens with zero attached hydrogens (tertiary/aromatic N) is 2. The molecule has 1 aromatic rings. The third-order valence-corrected chi connectivity index (χ3v) is 2.84. The van der Waals surface area contributed by atoms with Crippen molar-refractivity contribution in [3.63, 3.8) is 0 Å². The Hall–Kier alpha value is -1.69. The summed E-state index contributed by atoms with van der Waals surface area (Å²) in [6, 6.07) is 3.08. The van der Waals surface area contributed by atoms with Gasteiger partial charge in [-0.15, -0.1) is 0 Å². The van der Waals surface area contributed by atoms with Crippen LogP contribution in [0.2, 0.25) is 0 Å². The van der Waals surface area contributed by atoms with Gasteiger partial charge in [-0.3, -0.25) is 10.1 Å². The van der Waals surface area contributed by atoms with Crippen LogP contribution in [0.15, 0.2) is 18.3 Å². The lowest BCUT2D eigenvalue weighted by Gasteiger charge is -2.08. The molecule has 1 saturated heterocycles. The van der Waals surface area contributed by atoms with E-state index >= 15 is 0 Å². The van der Waals surface area contributed by atoms with E-state index in [-0.39, 0.29) is 5.69 Å². The van der Waals surface area contributed by atoms with Crippen molar-refractivity contribution in [2.75, 3.05) is 25.1 Å². The molecule has 0 spiro atoms. The number of aromatic nitrogens is 1. The van der Waals surface area contributed by atoms with E-state index in [0.717, 1.165) is 32.6 Å². The highest BCUT2D eigenvalue weighted by molar-refractivity contribution is 5.39. The number of rotatable bonds is 5. The molecule has 0 bridgehead atoms. The van der Waals surface area contributed by atoms with E-state index in [2.05, 4.69) is 10.3 Å². The summed E-state index contributed by atoms with van der Waals surface area (Å²) < 4.78 is 5.28. The molecular weight excluding hydrogens is 222 g/mol. The van der Waals surface area contributed by atoms with Gasteiger partial charge in [-0.05, 0) is 24.8 Å². The van der Waals surface area contributed by atoms with Gasteiger partial charge in [0.1, 0.15) is 12.0 Å². The molecule has 1 aromatic heterocycles. The fourth-order valence-electron chi connectivity index (χ4n) is 1.81. The van der Waals surface area contributed by atoms with Crippen LogP contribution in [0.25, 0.3) is 0 Å². The molecule has 6 heteroatoms. The van der Waals surface area contributed by atoms with Crippen LogP contribution < -0.4 is 5.32 Å². The minimum Gasteiger partial charge on any atom is -0.381 e. The molecule has 0 saturated carbocycles.